The van der Waals surface area contributed by atoms with Gasteiger partial charge in [0, 0.05) is 17.9 Å². The standard InChI is InChI=1S/C18H27NO/c1-12(2)14-7-6-13(3)15(10-14)20-17-11-16(19)18(17)8-4-5-9-18/h6-7,10,12,16-17H,4-5,8-9,11,19H2,1-3H3. The molecule has 20 heavy (non-hydrogen) atoms. The summed E-state index contributed by atoms with van der Waals surface area (Å²) < 4.78 is 6.40. The van der Waals surface area contributed by atoms with Gasteiger partial charge in [-0.05, 0) is 42.9 Å². The Bertz CT molecular complexity index is 488. The van der Waals surface area contributed by atoms with Crippen LogP contribution >= 0.6 is 0 Å². The van der Waals surface area contributed by atoms with E-state index in [2.05, 4.69) is 39.0 Å². The van der Waals surface area contributed by atoms with E-state index >= 15 is 0 Å². The molecule has 3 rings (SSSR count). The fraction of sp³-hybridized carbons (Fsp3) is 0.667. The summed E-state index contributed by atoms with van der Waals surface area (Å²) in [7, 11) is 0. The largest absolute Gasteiger partial charge is 0.489 e. The van der Waals surface area contributed by atoms with Gasteiger partial charge in [0.1, 0.15) is 11.9 Å². The Hall–Kier alpha value is -1.02. The van der Waals surface area contributed by atoms with Gasteiger partial charge in [0.2, 0.25) is 0 Å². The summed E-state index contributed by atoms with van der Waals surface area (Å²) >= 11 is 0. The zero-order chi connectivity index (χ0) is 14.3. The number of rotatable bonds is 3. The quantitative estimate of drug-likeness (QED) is 0.897. The molecule has 2 fully saturated rings. The van der Waals surface area contributed by atoms with Crippen molar-refractivity contribution in [2.75, 3.05) is 0 Å². The van der Waals surface area contributed by atoms with Crippen molar-refractivity contribution in [2.45, 2.75) is 70.9 Å². The van der Waals surface area contributed by atoms with Crippen molar-refractivity contribution < 1.29 is 4.74 Å². The van der Waals surface area contributed by atoms with Gasteiger partial charge in [-0.1, -0.05) is 38.8 Å². The Balaban J connectivity index is 1.80. The van der Waals surface area contributed by atoms with Crippen LogP contribution in [-0.2, 0) is 0 Å². The van der Waals surface area contributed by atoms with Gasteiger partial charge in [0.05, 0.1) is 0 Å². The lowest BCUT2D eigenvalue weighted by Gasteiger charge is -2.52. The van der Waals surface area contributed by atoms with Gasteiger partial charge < -0.3 is 10.5 Å². The maximum atomic E-state index is 6.40. The van der Waals surface area contributed by atoms with Crippen LogP contribution in [-0.4, -0.2) is 12.1 Å². The predicted octanol–water partition coefficient (Wildman–Crippen LogP) is 4.16. The lowest BCUT2D eigenvalue weighted by atomic mass is 9.61. The summed E-state index contributed by atoms with van der Waals surface area (Å²) in [4.78, 5) is 0. The Labute approximate surface area is 122 Å². The molecule has 2 heteroatoms. The molecule has 2 atom stereocenters. The smallest absolute Gasteiger partial charge is 0.122 e. The molecule has 110 valence electrons. The minimum absolute atomic E-state index is 0.278. The van der Waals surface area contributed by atoms with Crippen LogP contribution in [0.15, 0.2) is 18.2 Å². The lowest BCUT2D eigenvalue weighted by molar-refractivity contribution is -0.0623. The average molecular weight is 273 g/mol. The second-order valence-electron chi connectivity index (χ2n) is 7.07. The fourth-order valence-corrected chi connectivity index (χ4v) is 3.93. The van der Waals surface area contributed by atoms with Crippen LogP contribution in [0, 0.1) is 12.3 Å². The van der Waals surface area contributed by atoms with E-state index in [0.29, 0.717) is 18.1 Å². The van der Waals surface area contributed by atoms with Crippen LogP contribution in [0.2, 0.25) is 0 Å². The molecule has 0 saturated heterocycles. The number of aryl methyl sites for hydroxylation is 1. The molecule has 2 nitrogen and oxygen atoms in total. The first-order chi connectivity index (χ1) is 9.53. The van der Waals surface area contributed by atoms with Crippen molar-refractivity contribution in [2.24, 2.45) is 11.1 Å². The summed E-state index contributed by atoms with van der Waals surface area (Å²) in [5.74, 6) is 1.61. The second kappa shape index (κ2) is 5.07. The van der Waals surface area contributed by atoms with Crippen molar-refractivity contribution in [1.29, 1.82) is 0 Å². The normalized spacial score (nSPS) is 27.9. The molecule has 2 aliphatic carbocycles. The summed E-state index contributed by atoms with van der Waals surface area (Å²) in [5, 5.41) is 0. The van der Waals surface area contributed by atoms with Gasteiger partial charge in [0.25, 0.3) is 0 Å². The third-order valence-corrected chi connectivity index (χ3v) is 5.53. The van der Waals surface area contributed by atoms with Crippen LogP contribution in [0.5, 0.6) is 5.75 Å². The molecular weight excluding hydrogens is 246 g/mol. The first kappa shape index (κ1) is 13.9. The molecule has 0 bridgehead atoms. The summed E-state index contributed by atoms with van der Waals surface area (Å²) in [5.41, 5.74) is 9.17. The van der Waals surface area contributed by atoms with E-state index < -0.39 is 0 Å². The van der Waals surface area contributed by atoms with Gasteiger partial charge in [0.15, 0.2) is 0 Å². The zero-order valence-corrected chi connectivity index (χ0v) is 13.0. The Morgan fingerprint density at radius 3 is 2.55 bits per heavy atom. The van der Waals surface area contributed by atoms with Gasteiger partial charge in [-0.25, -0.2) is 0 Å². The van der Waals surface area contributed by atoms with E-state index in [9.17, 15) is 0 Å². The third-order valence-electron chi connectivity index (χ3n) is 5.53. The van der Waals surface area contributed by atoms with E-state index in [1.807, 2.05) is 0 Å². The van der Waals surface area contributed by atoms with Crippen LogP contribution in [0.4, 0.5) is 0 Å². The first-order valence-corrected chi connectivity index (χ1v) is 8.06. The monoisotopic (exact) mass is 273 g/mol. The molecule has 0 aliphatic heterocycles. The first-order valence-electron chi connectivity index (χ1n) is 8.06. The van der Waals surface area contributed by atoms with Crippen molar-refractivity contribution in [3.8, 4) is 5.75 Å². The Morgan fingerprint density at radius 1 is 1.25 bits per heavy atom. The SMILES string of the molecule is Cc1ccc(C(C)C)cc1OC1CC(N)C12CCCC2. The van der Waals surface area contributed by atoms with Crippen molar-refractivity contribution >= 4 is 0 Å². The highest BCUT2D eigenvalue weighted by atomic mass is 16.5. The molecule has 1 spiro atoms. The molecule has 2 N–H and O–H groups in total. The van der Waals surface area contributed by atoms with Gasteiger partial charge >= 0.3 is 0 Å². The topological polar surface area (TPSA) is 35.2 Å². The van der Waals surface area contributed by atoms with Crippen LogP contribution in [0.3, 0.4) is 0 Å². The molecule has 1 aromatic carbocycles. The van der Waals surface area contributed by atoms with Crippen LogP contribution in [0.1, 0.15) is 63.0 Å². The zero-order valence-electron chi connectivity index (χ0n) is 13.0. The van der Waals surface area contributed by atoms with Crippen molar-refractivity contribution in [1.82, 2.24) is 0 Å². The minimum Gasteiger partial charge on any atom is -0.489 e. The number of hydrogen-bond acceptors (Lipinski definition) is 2. The van der Waals surface area contributed by atoms with E-state index in [4.69, 9.17) is 10.5 Å². The summed E-state index contributed by atoms with van der Waals surface area (Å²) in [6, 6.07) is 6.98. The van der Waals surface area contributed by atoms with E-state index in [1.165, 1.54) is 36.8 Å². The molecule has 0 radical (unpaired) electrons. The highest BCUT2D eigenvalue weighted by Crippen LogP contribution is 2.54. The second-order valence-corrected chi connectivity index (χ2v) is 7.07. The third kappa shape index (κ3) is 2.14. The van der Waals surface area contributed by atoms with Gasteiger partial charge in [-0.15, -0.1) is 0 Å². The number of nitrogens with two attached hydrogens (primary N) is 1. The lowest BCUT2D eigenvalue weighted by Crippen LogP contribution is -2.62. The molecule has 2 aliphatic rings. The number of ether oxygens (including phenoxy) is 1. The fourth-order valence-electron chi connectivity index (χ4n) is 3.93. The Kier molecular flexibility index (Phi) is 3.53. The Morgan fingerprint density at radius 2 is 1.95 bits per heavy atom. The maximum absolute atomic E-state index is 6.40. The molecule has 1 aromatic rings. The highest BCUT2D eigenvalue weighted by molar-refractivity contribution is 5.38. The molecule has 0 amide bonds. The van der Waals surface area contributed by atoms with Gasteiger partial charge in [-0.2, -0.15) is 0 Å². The average Bonchev–Trinajstić information content (AvgIpc) is 2.92. The molecule has 2 saturated carbocycles. The molecule has 0 aromatic heterocycles. The van der Waals surface area contributed by atoms with Crippen LogP contribution < -0.4 is 10.5 Å². The van der Waals surface area contributed by atoms with Crippen molar-refractivity contribution in [3.63, 3.8) is 0 Å². The van der Waals surface area contributed by atoms with E-state index in [1.54, 1.807) is 0 Å². The number of hydrogen-bond donors (Lipinski definition) is 1. The van der Waals surface area contributed by atoms with E-state index in [-0.39, 0.29) is 5.41 Å². The number of benzene rings is 1. The summed E-state index contributed by atoms with van der Waals surface area (Å²) in [6.07, 6.45) is 6.49. The molecule has 0 heterocycles. The van der Waals surface area contributed by atoms with Crippen molar-refractivity contribution in [3.05, 3.63) is 29.3 Å². The maximum Gasteiger partial charge on any atom is 0.122 e. The molecular formula is C18H27NO. The molecule has 2 unspecified atom stereocenters. The van der Waals surface area contributed by atoms with Gasteiger partial charge in [-0.3, -0.25) is 0 Å². The predicted molar refractivity (Wildman–Crippen MR) is 83.2 cm³/mol. The summed E-state index contributed by atoms with van der Waals surface area (Å²) in [6.45, 7) is 6.59. The van der Waals surface area contributed by atoms with Crippen LogP contribution in [0.25, 0.3) is 0 Å². The minimum atomic E-state index is 0.278. The van der Waals surface area contributed by atoms with E-state index in [0.717, 1.165) is 12.2 Å². The highest BCUT2D eigenvalue weighted by Gasteiger charge is 2.56.